The smallest absolute Gasteiger partial charge is 0.0598 e. The van der Waals surface area contributed by atoms with E-state index in [0.717, 1.165) is 11.3 Å². The van der Waals surface area contributed by atoms with Gasteiger partial charge in [-0.05, 0) is 30.9 Å². The summed E-state index contributed by atoms with van der Waals surface area (Å²) in [7, 11) is 2.11. The molecule has 0 spiro atoms. The van der Waals surface area contributed by atoms with Crippen LogP contribution in [0.1, 0.15) is 32.8 Å². The van der Waals surface area contributed by atoms with Crippen molar-refractivity contribution in [2.24, 2.45) is 11.7 Å². The Labute approximate surface area is 98.7 Å². The highest BCUT2D eigenvalue weighted by Crippen LogP contribution is 2.21. The number of rotatable bonds is 5. The lowest BCUT2D eigenvalue weighted by Crippen LogP contribution is -2.31. The molecular weight excluding hydrogens is 198 g/mol. The lowest BCUT2D eigenvalue weighted by molar-refractivity contribution is 0.503. The number of pyridine rings is 1. The molecule has 16 heavy (non-hydrogen) atoms. The van der Waals surface area contributed by atoms with Crippen LogP contribution in [0.5, 0.6) is 0 Å². The topological polar surface area (TPSA) is 42.2 Å². The van der Waals surface area contributed by atoms with Gasteiger partial charge >= 0.3 is 0 Å². The van der Waals surface area contributed by atoms with Crippen molar-refractivity contribution in [1.82, 2.24) is 4.98 Å². The summed E-state index contributed by atoms with van der Waals surface area (Å²) in [4.78, 5) is 6.45. The van der Waals surface area contributed by atoms with Gasteiger partial charge in [0, 0.05) is 25.8 Å². The van der Waals surface area contributed by atoms with Gasteiger partial charge in [0.2, 0.25) is 0 Å². The summed E-state index contributed by atoms with van der Waals surface area (Å²) in [6, 6.07) is 2.50. The average Bonchev–Trinajstić information content (AvgIpc) is 2.27. The van der Waals surface area contributed by atoms with Gasteiger partial charge in [-0.2, -0.15) is 0 Å². The van der Waals surface area contributed by atoms with Crippen molar-refractivity contribution < 1.29 is 0 Å². The van der Waals surface area contributed by atoms with Crippen LogP contribution in [0.25, 0.3) is 0 Å². The highest BCUT2D eigenvalue weighted by Gasteiger charge is 2.14. The van der Waals surface area contributed by atoms with Gasteiger partial charge < -0.3 is 10.6 Å². The van der Waals surface area contributed by atoms with Crippen LogP contribution in [-0.4, -0.2) is 18.1 Å². The maximum Gasteiger partial charge on any atom is 0.0598 e. The predicted octanol–water partition coefficient (Wildman–Crippen LogP) is 2.41. The molecule has 0 bridgehead atoms. The SMILES string of the molecule is CC(C)CC(C)N(C)c1cnccc1CN. The summed E-state index contributed by atoms with van der Waals surface area (Å²) < 4.78 is 0. The minimum atomic E-state index is 0.509. The molecule has 3 nitrogen and oxygen atoms in total. The number of nitrogens with two attached hydrogens (primary N) is 1. The Morgan fingerprint density at radius 2 is 2.06 bits per heavy atom. The standard InChI is InChI=1S/C13H23N3/c1-10(2)7-11(3)16(4)13-9-15-6-5-12(13)8-14/h5-6,9-11H,7-8,14H2,1-4H3. The second-order valence-electron chi connectivity index (χ2n) is 4.80. The molecule has 0 aliphatic carbocycles. The Bertz CT molecular complexity index is 323. The van der Waals surface area contributed by atoms with E-state index in [1.54, 1.807) is 6.20 Å². The van der Waals surface area contributed by atoms with Gasteiger partial charge in [0.15, 0.2) is 0 Å². The molecule has 90 valence electrons. The first-order valence-corrected chi connectivity index (χ1v) is 5.92. The molecule has 0 saturated heterocycles. The third-order valence-electron chi connectivity index (χ3n) is 2.96. The Balaban J connectivity index is 2.82. The molecule has 1 atom stereocenters. The first kappa shape index (κ1) is 13.0. The molecule has 2 N–H and O–H groups in total. The number of anilines is 1. The van der Waals surface area contributed by atoms with Crippen LogP contribution in [0.15, 0.2) is 18.5 Å². The van der Waals surface area contributed by atoms with Crippen molar-refractivity contribution >= 4 is 5.69 Å². The normalized spacial score (nSPS) is 12.9. The molecule has 0 saturated carbocycles. The van der Waals surface area contributed by atoms with Crippen LogP contribution in [0, 0.1) is 5.92 Å². The van der Waals surface area contributed by atoms with E-state index in [1.165, 1.54) is 6.42 Å². The molecule has 0 radical (unpaired) electrons. The summed E-state index contributed by atoms with van der Waals surface area (Å²) >= 11 is 0. The fourth-order valence-electron chi connectivity index (χ4n) is 1.98. The van der Waals surface area contributed by atoms with Gasteiger partial charge in [-0.3, -0.25) is 4.98 Å². The molecule has 1 aromatic rings. The number of aromatic nitrogens is 1. The van der Waals surface area contributed by atoms with Crippen LogP contribution in [0.2, 0.25) is 0 Å². The summed E-state index contributed by atoms with van der Waals surface area (Å²) in [5.74, 6) is 0.704. The van der Waals surface area contributed by atoms with E-state index in [4.69, 9.17) is 5.73 Å². The molecule has 0 aromatic carbocycles. The summed E-state index contributed by atoms with van der Waals surface area (Å²) in [5.41, 5.74) is 8.05. The largest absolute Gasteiger partial charge is 0.370 e. The number of nitrogens with zero attached hydrogens (tertiary/aromatic N) is 2. The Hall–Kier alpha value is -1.09. The fourth-order valence-corrected chi connectivity index (χ4v) is 1.98. The minimum absolute atomic E-state index is 0.509. The zero-order valence-electron chi connectivity index (χ0n) is 10.8. The van der Waals surface area contributed by atoms with Crippen molar-refractivity contribution in [2.75, 3.05) is 11.9 Å². The molecule has 0 aliphatic heterocycles. The molecule has 1 aromatic heterocycles. The van der Waals surface area contributed by atoms with E-state index in [2.05, 4.69) is 37.7 Å². The van der Waals surface area contributed by atoms with Gasteiger partial charge in [-0.1, -0.05) is 13.8 Å². The fraction of sp³-hybridized carbons (Fsp3) is 0.615. The van der Waals surface area contributed by atoms with E-state index >= 15 is 0 Å². The van der Waals surface area contributed by atoms with Crippen molar-refractivity contribution in [2.45, 2.75) is 39.8 Å². The zero-order valence-corrected chi connectivity index (χ0v) is 10.8. The maximum atomic E-state index is 5.74. The summed E-state index contributed by atoms with van der Waals surface area (Å²) in [5, 5.41) is 0. The molecule has 0 aliphatic rings. The average molecular weight is 221 g/mol. The van der Waals surface area contributed by atoms with E-state index in [9.17, 15) is 0 Å². The highest BCUT2D eigenvalue weighted by atomic mass is 15.1. The summed E-state index contributed by atoms with van der Waals surface area (Å²) in [6.45, 7) is 7.30. The minimum Gasteiger partial charge on any atom is -0.370 e. The highest BCUT2D eigenvalue weighted by molar-refractivity contribution is 5.51. The second-order valence-corrected chi connectivity index (χ2v) is 4.80. The molecule has 1 heterocycles. The molecule has 3 heteroatoms. The van der Waals surface area contributed by atoms with Crippen LogP contribution < -0.4 is 10.6 Å². The van der Waals surface area contributed by atoms with Gasteiger partial charge in [0.25, 0.3) is 0 Å². The van der Waals surface area contributed by atoms with E-state index in [-0.39, 0.29) is 0 Å². The maximum absolute atomic E-state index is 5.74. The summed E-state index contributed by atoms with van der Waals surface area (Å²) in [6.07, 6.45) is 4.88. The third kappa shape index (κ3) is 3.20. The molecule has 0 fully saturated rings. The molecular formula is C13H23N3. The van der Waals surface area contributed by atoms with E-state index in [1.807, 2.05) is 12.3 Å². The van der Waals surface area contributed by atoms with E-state index < -0.39 is 0 Å². The van der Waals surface area contributed by atoms with Crippen molar-refractivity contribution in [3.8, 4) is 0 Å². The molecule has 1 rings (SSSR count). The van der Waals surface area contributed by atoms with Crippen molar-refractivity contribution in [3.63, 3.8) is 0 Å². The molecule has 1 unspecified atom stereocenters. The third-order valence-corrected chi connectivity index (χ3v) is 2.96. The van der Waals surface area contributed by atoms with Gasteiger partial charge in [-0.15, -0.1) is 0 Å². The number of hydrogen-bond acceptors (Lipinski definition) is 3. The van der Waals surface area contributed by atoms with Gasteiger partial charge in [0.05, 0.1) is 11.9 Å². The van der Waals surface area contributed by atoms with Crippen LogP contribution >= 0.6 is 0 Å². The Kier molecular flexibility index (Phi) is 4.74. The van der Waals surface area contributed by atoms with Gasteiger partial charge in [0.1, 0.15) is 0 Å². The van der Waals surface area contributed by atoms with Crippen molar-refractivity contribution in [3.05, 3.63) is 24.0 Å². The van der Waals surface area contributed by atoms with Crippen LogP contribution in [-0.2, 0) is 6.54 Å². The quantitative estimate of drug-likeness (QED) is 0.830. The van der Waals surface area contributed by atoms with Crippen LogP contribution in [0.4, 0.5) is 5.69 Å². The first-order valence-electron chi connectivity index (χ1n) is 5.92. The molecule has 0 amide bonds. The van der Waals surface area contributed by atoms with Crippen molar-refractivity contribution in [1.29, 1.82) is 0 Å². The lowest BCUT2D eigenvalue weighted by Gasteiger charge is -2.29. The van der Waals surface area contributed by atoms with Crippen LogP contribution in [0.3, 0.4) is 0 Å². The number of hydrogen-bond donors (Lipinski definition) is 1. The second kappa shape index (κ2) is 5.85. The monoisotopic (exact) mass is 221 g/mol. The first-order chi connectivity index (χ1) is 7.56. The zero-order chi connectivity index (χ0) is 12.1. The Morgan fingerprint density at radius 1 is 1.38 bits per heavy atom. The van der Waals surface area contributed by atoms with Gasteiger partial charge in [-0.25, -0.2) is 0 Å². The lowest BCUT2D eigenvalue weighted by atomic mass is 10.0. The Morgan fingerprint density at radius 3 is 2.62 bits per heavy atom. The van der Waals surface area contributed by atoms with E-state index in [0.29, 0.717) is 18.5 Å². The predicted molar refractivity (Wildman–Crippen MR) is 69.4 cm³/mol.